The molecule has 1 aliphatic rings. The molecular weight excluding hydrogens is 532 g/mol. The van der Waals surface area contributed by atoms with Crippen LogP contribution in [-0.2, 0) is 28.7 Å². The van der Waals surface area contributed by atoms with E-state index in [1.54, 1.807) is 6.20 Å². The monoisotopic (exact) mass is 580 g/mol. The minimum atomic E-state index is -0.463. The number of pyridine rings is 3. The van der Waals surface area contributed by atoms with Crippen LogP contribution in [-0.4, -0.2) is 58.0 Å². The number of nitrogens with one attached hydrogen (secondary N) is 3. The maximum absolute atomic E-state index is 11.5. The SMILES string of the molecule is CC(C)(C)OC(=O)NCCCc1ccc2c(n1)NCCC2.CC(C)(C)OC(=O)NCCCc1ccc2cccnc2n1.[HH]. The van der Waals surface area contributed by atoms with E-state index in [-0.39, 0.29) is 13.6 Å². The van der Waals surface area contributed by atoms with Gasteiger partial charge in [-0.25, -0.2) is 24.5 Å². The van der Waals surface area contributed by atoms with E-state index in [0.29, 0.717) is 13.1 Å². The van der Waals surface area contributed by atoms with Crippen molar-refractivity contribution in [2.24, 2.45) is 0 Å². The average Bonchev–Trinajstić information content (AvgIpc) is 2.92. The van der Waals surface area contributed by atoms with Crippen molar-refractivity contribution in [1.82, 2.24) is 25.6 Å². The number of carbonyl (C=O) groups excluding carboxylic acids is 2. The summed E-state index contributed by atoms with van der Waals surface area (Å²) < 4.78 is 10.4. The first kappa shape index (κ1) is 32.6. The Bertz CT molecular complexity index is 1320. The largest absolute Gasteiger partial charge is 0.444 e. The fourth-order valence-electron chi connectivity index (χ4n) is 4.19. The number of amides is 2. The number of hydrogen-bond donors (Lipinski definition) is 3. The molecule has 1 aliphatic heterocycles. The van der Waals surface area contributed by atoms with E-state index in [0.717, 1.165) is 66.9 Å². The van der Waals surface area contributed by atoms with Crippen LogP contribution in [0.3, 0.4) is 0 Å². The van der Waals surface area contributed by atoms with Gasteiger partial charge < -0.3 is 25.4 Å². The van der Waals surface area contributed by atoms with Gasteiger partial charge in [0.05, 0.1) is 0 Å². The molecule has 0 aliphatic carbocycles. The molecule has 0 saturated carbocycles. The molecule has 0 radical (unpaired) electrons. The Labute approximate surface area is 250 Å². The summed E-state index contributed by atoms with van der Waals surface area (Å²) >= 11 is 0. The molecule has 3 aromatic rings. The molecule has 10 heteroatoms. The lowest BCUT2D eigenvalue weighted by atomic mass is 10.1. The van der Waals surface area contributed by atoms with Gasteiger partial charge in [-0.2, -0.15) is 0 Å². The molecule has 0 spiro atoms. The van der Waals surface area contributed by atoms with E-state index in [1.165, 1.54) is 12.0 Å². The molecule has 0 fully saturated rings. The third-order valence-corrected chi connectivity index (χ3v) is 6.03. The molecule has 0 bridgehead atoms. The van der Waals surface area contributed by atoms with E-state index in [2.05, 4.69) is 43.0 Å². The summed E-state index contributed by atoms with van der Waals surface area (Å²) in [4.78, 5) is 36.4. The highest BCUT2D eigenvalue weighted by molar-refractivity contribution is 5.74. The summed E-state index contributed by atoms with van der Waals surface area (Å²) in [7, 11) is 0. The number of nitrogens with zero attached hydrogens (tertiary/aromatic N) is 3. The van der Waals surface area contributed by atoms with Gasteiger partial charge in [-0.05, 0) is 116 Å². The number of rotatable bonds is 8. The van der Waals surface area contributed by atoms with Gasteiger partial charge in [0.1, 0.15) is 17.0 Å². The van der Waals surface area contributed by atoms with Crippen LogP contribution in [0.2, 0.25) is 0 Å². The fourth-order valence-corrected chi connectivity index (χ4v) is 4.19. The third kappa shape index (κ3) is 12.3. The highest BCUT2D eigenvalue weighted by atomic mass is 16.6. The fraction of sp³-hybridized carbons (Fsp3) is 0.531. The van der Waals surface area contributed by atoms with E-state index < -0.39 is 11.2 Å². The molecule has 2 amide bonds. The summed E-state index contributed by atoms with van der Waals surface area (Å²) in [6.45, 7) is 13.3. The molecular formula is C32H48N6O4. The Hall–Kier alpha value is -3.95. The number of fused-ring (bicyclic) bond motifs is 2. The highest BCUT2D eigenvalue weighted by Gasteiger charge is 2.16. The van der Waals surface area contributed by atoms with Gasteiger partial charge in [-0.15, -0.1) is 0 Å². The van der Waals surface area contributed by atoms with Crippen molar-refractivity contribution in [1.29, 1.82) is 0 Å². The number of carbonyl (C=O) groups is 2. The number of aryl methyl sites for hydroxylation is 3. The lowest BCUT2D eigenvalue weighted by Gasteiger charge is -2.19. The summed E-state index contributed by atoms with van der Waals surface area (Å²) in [5.74, 6) is 1.03. The van der Waals surface area contributed by atoms with Gasteiger partial charge in [0.2, 0.25) is 0 Å². The second-order valence-corrected chi connectivity index (χ2v) is 12.3. The van der Waals surface area contributed by atoms with Gasteiger partial charge >= 0.3 is 12.2 Å². The van der Waals surface area contributed by atoms with Crippen LogP contribution in [0, 0.1) is 0 Å². The van der Waals surface area contributed by atoms with Crippen LogP contribution in [0.4, 0.5) is 15.4 Å². The first-order chi connectivity index (χ1) is 19.9. The zero-order chi connectivity index (χ0) is 30.6. The molecule has 10 nitrogen and oxygen atoms in total. The molecule has 42 heavy (non-hydrogen) atoms. The first-order valence-electron chi connectivity index (χ1n) is 14.7. The van der Waals surface area contributed by atoms with Gasteiger partial charge in [-0.3, -0.25) is 0 Å². The molecule has 230 valence electrons. The van der Waals surface area contributed by atoms with Crippen molar-refractivity contribution in [3.05, 3.63) is 59.5 Å². The molecule has 4 heterocycles. The summed E-state index contributed by atoms with van der Waals surface area (Å²) in [6, 6.07) is 12.1. The average molecular weight is 581 g/mol. The molecule has 3 aromatic heterocycles. The van der Waals surface area contributed by atoms with Crippen LogP contribution in [0.25, 0.3) is 11.0 Å². The highest BCUT2D eigenvalue weighted by Crippen LogP contribution is 2.20. The van der Waals surface area contributed by atoms with Crippen molar-refractivity contribution in [2.45, 2.75) is 91.3 Å². The molecule has 4 rings (SSSR count). The summed E-state index contributed by atoms with van der Waals surface area (Å²) in [6.07, 6.45) is 6.59. The number of anilines is 1. The number of hydrogen-bond acceptors (Lipinski definition) is 8. The predicted molar refractivity (Wildman–Crippen MR) is 168 cm³/mol. The van der Waals surface area contributed by atoms with E-state index in [1.807, 2.05) is 65.8 Å². The normalized spacial score (nSPS) is 12.7. The van der Waals surface area contributed by atoms with Crippen molar-refractivity contribution in [2.75, 3.05) is 25.0 Å². The Kier molecular flexibility index (Phi) is 11.9. The van der Waals surface area contributed by atoms with E-state index >= 15 is 0 Å². The van der Waals surface area contributed by atoms with Gasteiger partial charge in [0.15, 0.2) is 5.65 Å². The zero-order valence-corrected chi connectivity index (χ0v) is 25.9. The number of alkyl carbamates (subject to hydrolysis) is 2. The van der Waals surface area contributed by atoms with Crippen LogP contribution in [0.15, 0.2) is 42.6 Å². The van der Waals surface area contributed by atoms with Crippen LogP contribution in [0.1, 0.15) is 79.2 Å². The summed E-state index contributed by atoms with van der Waals surface area (Å²) in [5.41, 5.74) is 3.19. The lowest BCUT2D eigenvalue weighted by molar-refractivity contribution is 0.0515. The van der Waals surface area contributed by atoms with Crippen molar-refractivity contribution < 1.29 is 20.5 Å². The third-order valence-electron chi connectivity index (χ3n) is 6.03. The quantitative estimate of drug-likeness (QED) is 0.268. The number of ether oxygens (including phenoxy) is 2. The maximum Gasteiger partial charge on any atom is 0.407 e. The van der Waals surface area contributed by atoms with E-state index in [4.69, 9.17) is 9.47 Å². The van der Waals surface area contributed by atoms with Crippen LogP contribution in [0.5, 0.6) is 0 Å². The first-order valence-corrected chi connectivity index (χ1v) is 14.7. The Balaban J connectivity index is 0.000000293. The molecule has 0 saturated heterocycles. The standard InChI is InChI=1S/C16H25N3O2.C16H21N3O2.H2/c2*1-16(2,3)21-15(20)18-11-5-7-13-9-8-12-6-4-10-17-14(12)19-13;/h8-9H,4-7,10-11H2,1-3H3,(H,17,19)(H,18,20);4,6,8-10H,5,7,11H2,1-3H3,(H,18,20);1H. The molecule has 0 atom stereocenters. The molecule has 0 aromatic carbocycles. The van der Waals surface area contributed by atoms with Crippen molar-refractivity contribution >= 4 is 29.0 Å². The number of aromatic nitrogens is 3. The van der Waals surface area contributed by atoms with Crippen molar-refractivity contribution in [3.63, 3.8) is 0 Å². The Morgan fingerprint density at radius 2 is 1.45 bits per heavy atom. The predicted octanol–water partition coefficient (Wildman–Crippen LogP) is 6.23. The minimum absolute atomic E-state index is 0. The minimum Gasteiger partial charge on any atom is -0.444 e. The van der Waals surface area contributed by atoms with Crippen LogP contribution >= 0.6 is 0 Å². The van der Waals surface area contributed by atoms with Gasteiger partial charge in [0.25, 0.3) is 0 Å². The Morgan fingerprint density at radius 3 is 2.07 bits per heavy atom. The van der Waals surface area contributed by atoms with E-state index in [9.17, 15) is 9.59 Å². The second-order valence-electron chi connectivity index (χ2n) is 12.3. The summed E-state index contributed by atoms with van der Waals surface area (Å²) in [5, 5.41) is 9.88. The molecule has 3 N–H and O–H groups in total. The molecule has 0 unspecified atom stereocenters. The van der Waals surface area contributed by atoms with Crippen molar-refractivity contribution in [3.8, 4) is 0 Å². The zero-order valence-electron chi connectivity index (χ0n) is 25.9. The Morgan fingerprint density at radius 1 is 0.857 bits per heavy atom. The van der Waals surface area contributed by atoms with Gasteiger partial charge in [-0.1, -0.05) is 6.07 Å². The smallest absolute Gasteiger partial charge is 0.407 e. The second kappa shape index (κ2) is 15.3. The van der Waals surface area contributed by atoms with Gasteiger partial charge in [0, 0.05) is 44.0 Å². The maximum atomic E-state index is 11.5. The topological polar surface area (TPSA) is 127 Å². The van der Waals surface area contributed by atoms with Crippen LogP contribution < -0.4 is 16.0 Å². The lowest BCUT2D eigenvalue weighted by Crippen LogP contribution is -2.33.